The van der Waals surface area contributed by atoms with Crippen LogP contribution in [0.1, 0.15) is 40.0 Å². The van der Waals surface area contributed by atoms with Crippen LogP contribution in [0.3, 0.4) is 0 Å². The second-order valence-corrected chi connectivity index (χ2v) is 4.35. The quantitative estimate of drug-likeness (QED) is 0.586. The van der Waals surface area contributed by atoms with Crippen molar-refractivity contribution in [2.24, 2.45) is 11.3 Å². The van der Waals surface area contributed by atoms with Gasteiger partial charge in [0, 0.05) is 5.57 Å². The standard InChI is InChI=1S/C11H17N/c1-4-5-9(8-12)6-10-7-11(10,2)3/h6,10H,4-5,7H2,1-3H3. The van der Waals surface area contributed by atoms with Crippen LogP contribution < -0.4 is 0 Å². The third-order valence-corrected chi connectivity index (χ3v) is 2.65. The number of hydrogen-bond acceptors (Lipinski definition) is 1. The fourth-order valence-electron chi connectivity index (χ4n) is 1.48. The second-order valence-electron chi connectivity index (χ2n) is 4.35. The number of hydrogen-bond donors (Lipinski definition) is 0. The van der Waals surface area contributed by atoms with Gasteiger partial charge in [-0.1, -0.05) is 33.3 Å². The Kier molecular flexibility index (Phi) is 2.57. The Labute approximate surface area is 75.1 Å². The molecular formula is C11H17N. The van der Waals surface area contributed by atoms with Crippen molar-refractivity contribution in [1.82, 2.24) is 0 Å². The van der Waals surface area contributed by atoms with E-state index in [4.69, 9.17) is 5.26 Å². The van der Waals surface area contributed by atoms with Crippen LogP contribution in [0.4, 0.5) is 0 Å². The molecule has 0 heterocycles. The van der Waals surface area contributed by atoms with Gasteiger partial charge in [0.05, 0.1) is 6.07 Å². The molecule has 0 aromatic carbocycles. The summed E-state index contributed by atoms with van der Waals surface area (Å²) < 4.78 is 0. The van der Waals surface area contributed by atoms with E-state index in [1.54, 1.807) is 0 Å². The molecule has 66 valence electrons. The molecule has 12 heavy (non-hydrogen) atoms. The van der Waals surface area contributed by atoms with Crippen LogP contribution in [-0.2, 0) is 0 Å². The Morgan fingerprint density at radius 3 is 2.58 bits per heavy atom. The normalized spacial score (nSPS) is 26.5. The van der Waals surface area contributed by atoms with Crippen LogP contribution in [0.25, 0.3) is 0 Å². The van der Waals surface area contributed by atoms with Gasteiger partial charge in [0.15, 0.2) is 0 Å². The topological polar surface area (TPSA) is 23.8 Å². The van der Waals surface area contributed by atoms with E-state index in [1.165, 1.54) is 6.42 Å². The zero-order valence-corrected chi connectivity index (χ0v) is 8.22. The van der Waals surface area contributed by atoms with Crippen molar-refractivity contribution in [1.29, 1.82) is 5.26 Å². The molecule has 1 heteroatoms. The van der Waals surface area contributed by atoms with Gasteiger partial charge in [-0.25, -0.2) is 0 Å². The number of nitriles is 1. The lowest BCUT2D eigenvalue weighted by Crippen LogP contribution is -1.88. The molecule has 0 saturated heterocycles. The molecule has 1 atom stereocenters. The molecule has 0 aliphatic heterocycles. The summed E-state index contributed by atoms with van der Waals surface area (Å²) in [4.78, 5) is 0. The summed E-state index contributed by atoms with van der Waals surface area (Å²) in [6, 6.07) is 2.27. The summed E-state index contributed by atoms with van der Waals surface area (Å²) in [6.07, 6.45) is 5.45. The first-order chi connectivity index (χ1) is 5.60. The monoisotopic (exact) mass is 163 g/mol. The van der Waals surface area contributed by atoms with Crippen molar-refractivity contribution in [3.8, 4) is 6.07 Å². The van der Waals surface area contributed by atoms with E-state index in [0.29, 0.717) is 11.3 Å². The van der Waals surface area contributed by atoms with E-state index < -0.39 is 0 Å². The number of nitrogens with zero attached hydrogens (tertiary/aromatic N) is 1. The van der Waals surface area contributed by atoms with Gasteiger partial charge in [0.1, 0.15) is 0 Å². The zero-order valence-electron chi connectivity index (χ0n) is 8.22. The highest BCUT2D eigenvalue weighted by Gasteiger charge is 2.43. The number of allylic oxidation sites excluding steroid dienone is 2. The molecule has 1 fully saturated rings. The first-order valence-corrected chi connectivity index (χ1v) is 4.71. The minimum Gasteiger partial charge on any atom is -0.193 e. The summed E-state index contributed by atoms with van der Waals surface area (Å²) in [5, 5.41) is 8.79. The molecule has 1 aliphatic rings. The fourth-order valence-corrected chi connectivity index (χ4v) is 1.48. The molecule has 1 aliphatic carbocycles. The van der Waals surface area contributed by atoms with Gasteiger partial charge in [-0.05, 0) is 24.2 Å². The van der Waals surface area contributed by atoms with E-state index in [9.17, 15) is 0 Å². The molecule has 0 bridgehead atoms. The first-order valence-electron chi connectivity index (χ1n) is 4.71. The van der Waals surface area contributed by atoms with Crippen molar-refractivity contribution >= 4 is 0 Å². The predicted molar refractivity (Wildman–Crippen MR) is 50.5 cm³/mol. The summed E-state index contributed by atoms with van der Waals surface area (Å²) in [5.74, 6) is 0.665. The molecule has 0 amide bonds. The Hall–Kier alpha value is -0.770. The summed E-state index contributed by atoms with van der Waals surface area (Å²) in [6.45, 7) is 6.63. The molecule has 0 spiro atoms. The Balaban J connectivity index is 2.51. The molecule has 0 N–H and O–H groups in total. The molecule has 1 nitrogen and oxygen atoms in total. The minimum absolute atomic E-state index is 0.468. The third kappa shape index (κ3) is 2.11. The van der Waals surface area contributed by atoms with Gasteiger partial charge >= 0.3 is 0 Å². The highest BCUT2D eigenvalue weighted by Crippen LogP contribution is 2.52. The van der Waals surface area contributed by atoms with E-state index in [0.717, 1.165) is 18.4 Å². The lowest BCUT2D eigenvalue weighted by Gasteiger charge is -1.98. The maximum Gasteiger partial charge on any atom is 0.0943 e. The molecule has 0 aromatic heterocycles. The molecule has 1 rings (SSSR count). The largest absolute Gasteiger partial charge is 0.193 e. The van der Waals surface area contributed by atoms with Crippen molar-refractivity contribution in [3.05, 3.63) is 11.6 Å². The highest BCUT2D eigenvalue weighted by atomic mass is 14.5. The van der Waals surface area contributed by atoms with Crippen LogP contribution in [-0.4, -0.2) is 0 Å². The van der Waals surface area contributed by atoms with E-state index in [2.05, 4.69) is 32.9 Å². The fraction of sp³-hybridized carbons (Fsp3) is 0.727. The summed E-state index contributed by atoms with van der Waals surface area (Å²) >= 11 is 0. The predicted octanol–water partition coefficient (Wildman–Crippen LogP) is 3.28. The molecular weight excluding hydrogens is 146 g/mol. The van der Waals surface area contributed by atoms with Gasteiger partial charge in [-0.3, -0.25) is 0 Å². The van der Waals surface area contributed by atoms with Crippen molar-refractivity contribution in [2.75, 3.05) is 0 Å². The van der Waals surface area contributed by atoms with E-state index in [1.807, 2.05) is 0 Å². The van der Waals surface area contributed by atoms with Gasteiger partial charge in [-0.15, -0.1) is 0 Å². The maximum atomic E-state index is 8.79. The van der Waals surface area contributed by atoms with Gasteiger partial charge in [0.2, 0.25) is 0 Å². The van der Waals surface area contributed by atoms with Gasteiger partial charge in [-0.2, -0.15) is 5.26 Å². The zero-order chi connectivity index (χ0) is 9.19. The minimum atomic E-state index is 0.468. The second kappa shape index (κ2) is 3.31. The molecule has 0 aromatic rings. The molecule has 1 unspecified atom stereocenters. The summed E-state index contributed by atoms with van der Waals surface area (Å²) in [7, 11) is 0. The van der Waals surface area contributed by atoms with Crippen LogP contribution in [0.2, 0.25) is 0 Å². The molecule has 0 radical (unpaired) electrons. The maximum absolute atomic E-state index is 8.79. The SMILES string of the molecule is CCCC(C#N)=CC1CC1(C)C. The first kappa shape index (κ1) is 9.32. The van der Waals surface area contributed by atoms with Crippen LogP contribution >= 0.6 is 0 Å². The van der Waals surface area contributed by atoms with Crippen LogP contribution in [0, 0.1) is 22.7 Å². The smallest absolute Gasteiger partial charge is 0.0943 e. The van der Waals surface area contributed by atoms with E-state index >= 15 is 0 Å². The Morgan fingerprint density at radius 1 is 1.67 bits per heavy atom. The molecule has 1 saturated carbocycles. The lowest BCUT2D eigenvalue weighted by molar-refractivity contribution is 0.608. The lowest BCUT2D eigenvalue weighted by atomic mass is 10.1. The average Bonchev–Trinajstić information content (AvgIpc) is 2.58. The third-order valence-electron chi connectivity index (χ3n) is 2.65. The average molecular weight is 163 g/mol. The van der Waals surface area contributed by atoms with Gasteiger partial charge < -0.3 is 0 Å². The van der Waals surface area contributed by atoms with Crippen molar-refractivity contribution in [3.63, 3.8) is 0 Å². The Morgan fingerprint density at radius 2 is 2.25 bits per heavy atom. The van der Waals surface area contributed by atoms with E-state index in [-0.39, 0.29) is 0 Å². The number of rotatable bonds is 3. The highest BCUT2D eigenvalue weighted by molar-refractivity contribution is 5.25. The van der Waals surface area contributed by atoms with Crippen LogP contribution in [0.15, 0.2) is 11.6 Å². The van der Waals surface area contributed by atoms with Crippen molar-refractivity contribution < 1.29 is 0 Å². The Bertz CT molecular complexity index is 230. The van der Waals surface area contributed by atoms with Crippen molar-refractivity contribution in [2.45, 2.75) is 40.0 Å². The summed E-state index contributed by atoms with van der Waals surface area (Å²) in [5.41, 5.74) is 1.45. The van der Waals surface area contributed by atoms with Crippen LogP contribution in [0.5, 0.6) is 0 Å². The van der Waals surface area contributed by atoms with Gasteiger partial charge in [0.25, 0.3) is 0 Å².